The lowest BCUT2D eigenvalue weighted by atomic mass is 10.2. The smallest absolute Gasteiger partial charge is 0.246 e. The second kappa shape index (κ2) is 7.62. The van der Waals surface area contributed by atoms with Crippen molar-refractivity contribution in [2.75, 3.05) is 31.1 Å². The van der Waals surface area contributed by atoms with Crippen LogP contribution >= 0.6 is 15.9 Å². The van der Waals surface area contributed by atoms with Crippen LogP contribution in [0.3, 0.4) is 0 Å². The van der Waals surface area contributed by atoms with Gasteiger partial charge in [-0.3, -0.25) is 4.79 Å². The Morgan fingerprint density at radius 1 is 1.00 bits per heavy atom. The van der Waals surface area contributed by atoms with Gasteiger partial charge < -0.3 is 9.80 Å². The molecule has 2 aromatic carbocycles. The number of nitrogens with zero attached hydrogens (tertiary/aromatic N) is 2. The Balaban J connectivity index is 1.57. The highest BCUT2D eigenvalue weighted by Gasteiger charge is 2.21. The number of rotatable bonds is 3. The molecular formula is C19H18BrFN2O. The van der Waals surface area contributed by atoms with Crippen LogP contribution in [0, 0.1) is 5.82 Å². The number of piperazine rings is 1. The minimum absolute atomic E-state index is 0.00824. The molecule has 1 saturated heterocycles. The minimum Gasteiger partial charge on any atom is -0.366 e. The Bertz CT molecular complexity index is 737. The quantitative estimate of drug-likeness (QED) is 0.743. The van der Waals surface area contributed by atoms with E-state index in [1.807, 2.05) is 41.3 Å². The molecule has 1 amide bonds. The van der Waals surface area contributed by atoms with Crippen molar-refractivity contribution in [1.29, 1.82) is 0 Å². The van der Waals surface area contributed by atoms with E-state index in [0.29, 0.717) is 31.9 Å². The predicted octanol–water partition coefficient (Wildman–Crippen LogP) is 3.95. The molecule has 2 aromatic rings. The van der Waals surface area contributed by atoms with Crippen molar-refractivity contribution in [2.45, 2.75) is 0 Å². The van der Waals surface area contributed by atoms with Crippen molar-refractivity contribution in [3.8, 4) is 0 Å². The maximum atomic E-state index is 13.8. The molecule has 24 heavy (non-hydrogen) atoms. The van der Waals surface area contributed by atoms with Gasteiger partial charge in [-0.25, -0.2) is 4.39 Å². The van der Waals surface area contributed by atoms with Crippen molar-refractivity contribution < 1.29 is 9.18 Å². The summed E-state index contributed by atoms with van der Waals surface area (Å²) in [5, 5.41) is 0. The molecule has 0 saturated carbocycles. The summed E-state index contributed by atoms with van der Waals surface area (Å²) in [6.45, 7) is 2.47. The fourth-order valence-corrected chi connectivity index (χ4v) is 2.99. The molecule has 0 atom stereocenters. The first-order valence-electron chi connectivity index (χ1n) is 7.85. The Labute approximate surface area is 149 Å². The SMILES string of the molecule is O=C(/C=C\c1ccc(Br)cc1)N1CCN(c2ccccc2F)CC1. The van der Waals surface area contributed by atoms with E-state index in [4.69, 9.17) is 0 Å². The molecule has 1 aliphatic heterocycles. The average Bonchev–Trinajstić information content (AvgIpc) is 2.61. The third-order valence-corrected chi connectivity index (χ3v) is 4.60. The number of amides is 1. The number of carbonyl (C=O) groups is 1. The molecule has 3 nitrogen and oxygen atoms in total. The topological polar surface area (TPSA) is 23.6 Å². The van der Waals surface area contributed by atoms with Crippen LogP contribution in [0.1, 0.15) is 5.56 Å². The monoisotopic (exact) mass is 388 g/mol. The van der Waals surface area contributed by atoms with E-state index in [0.717, 1.165) is 10.0 Å². The third-order valence-electron chi connectivity index (χ3n) is 4.07. The lowest BCUT2D eigenvalue weighted by Crippen LogP contribution is -2.48. The summed E-state index contributed by atoms with van der Waals surface area (Å²) in [6.07, 6.45) is 3.42. The number of hydrogen-bond donors (Lipinski definition) is 0. The zero-order chi connectivity index (χ0) is 16.9. The third kappa shape index (κ3) is 4.03. The standard InChI is InChI=1S/C19H18BrFN2O/c20-16-8-5-15(6-9-16)7-10-19(24)23-13-11-22(12-14-23)18-4-2-1-3-17(18)21/h1-10H,11-14H2/b10-7-. The second-order valence-corrected chi connectivity index (χ2v) is 6.56. The minimum atomic E-state index is -0.215. The maximum Gasteiger partial charge on any atom is 0.246 e. The fourth-order valence-electron chi connectivity index (χ4n) is 2.72. The van der Waals surface area contributed by atoms with Gasteiger partial charge in [0.2, 0.25) is 5.91 Å². The Morgan fingerprint density at radius 3 is 2.33 bits per heavy atom. The molecule has 124 valence electrons. The second-order valence-electron chi connectivity index (χ2n) is 5.65. The molecule has 0 radical (unpaired) electrons. The van der Waals surface area contributed by atoms with E-state index in [9.17, 15) is 9.18 Å². The van der Waals surface area contributed by atoms with Crippen molar-refractivity contribution in [2.24, 2.45) is 0 Å². The maximum absolute atomic E-state index is 13.8. The van der Waals surface area contributed by atoms with Crippen LogP contribution in [0.25, 0.3) is 6.08 Å². The molecule has 5 heteroatoms. The molecular weight excluding hydrogens is 371 g/mol. The van der Waals surface area contributed by atoms with E-state index in [1.54, 1.807) is 23.1 Å². The molecule has 3 rings (SSSR count). The number of hydrogen-bond acceptors (Lipinski definition) is 2. The van der Waals surface area contributed by atoms with Crippen LogP contribution in [0.5, 0.6) is 0 Å². The highest BCUT2D eigenvalue weighted by molar-refractivity contribution is 9.10. The highest BCUT2D eigenvalue weighted by Crippen LogP contribution is 2.20. The van der Waals surface area contributed by atoms with Gasteiger partial charge in [-0.05, 0) is 35.9 Å². The van der Waals surface area contributed by atoms with Gasteiger partial charge >= 0.3 is 0 Å². The summed E-state index contributed by atoms with van der Waals surface area (Å²) in [6, 6.07) is 14.5. The normalized spacial score (nSPS) is 15.1. The highest BCUT2D eigenvalue weighted by atomic mass is 79.9. The molecule has 1 aliphatic rings. The van der Waals surface area contributed by atoms with Crippen molar-refractivity contribution in [1.82, 2.24) is 4.90 Å². The van der Waals surface area contributed by atoms with Gasteiger partial charge in [0.1, 0.15) is 5.82 Å². The van der Waals surface area contributed by atoms with Crippen LogP contribution in [-0.2, 0) is 4.79 Å². The molecule has 0 aliphatic carbocycles. The van der Waals surface area contributed by atoms with Gasteiger partial charge in [0.25, 0.3) is 0 Å². The van der Waals surface area contributed by atoms with Gasteiger partial charge in [0, 0.05) is 36.7 Å². The molecule has 1 heterocycles. The zero-order valence-corrected chi connectivity index (χ0v) is 14.7. The van der Waals surface area contributed by atoms with Gasteiger partial charge in [-0.1, -0.05) is 40.2 Å². The van der Waals surface area contributed by atoms with Gasteiger partial charge in [0.05, 0.1) is 5.69 Å². The van der Waals surface area contributed by atoms with Gasteiger partial charge in [0.15, 0.2) is 0 Å². The largest absolute Gasteiger partial charge is 0.366 e. The van der Waals surface area contributed by atoms with Gasteiger partial charge in [-0.15, -0.1) is 0 Å². The summed E-state index contributed by atoms with van der Waals surface area (Å²) in [7, 11) is 0. The lowest BCUT2D eigenvalue weighted by Gasteiger charge is -2.35. The zero-order valence-electron chi connectivity index (χ0n) is 13.2. The van der Waals surface area contributed by atoms with E-state index in [-0.39, 0.29) is 11.7 Å². The lowest BCUT2D eigenvalue weighted by molar-refractivity contribution is -0.126. The fraction of sp³-hybridized carbons (Fsp3) is 0.211. The van der Waals surface area contributed by atoms with Crippen LogP contribution in [0.15, 0.2) is 59.1 Å². The first kappa shape index (κ1) is 16.7. The Morgan fingerprint density at radius 2 is 1.67 bits per heavy atom. The first-order chi connectivity index (χ1) is 11.6. The molecule has 0 N–H and O–H groups in total. The van der Waals surface area contributed by atoms with Crippen molar-refractivity contribution in [3.05, 3.63) is 70.5 Å². The number of benzene rings is 2. The average molecular weight is 389 g/mol. The summed E-state index contributed by atoms with van der Waals surface area (Å²) >= 11 is 3.39. The van der Waals surface area contributed by atoms with E-state index in [2.05, 4.69) is 15.9 Å². The summed E-state index contributed by atoms with van der Waals surface area (Å²) in [5.74, 6) is -0.224. The molecule has 0 bridgehead atoms. The molecule has 0 spiro atoms. The summed E-state index contributed by atoms with van der Waals surface area (Å²) in [4.78, 5) is 16.1. The first-order valence-corrected chi connectivity index (χ1v) is 8.65. The van der Waals surface area contributed by atoms with Crippen molar-refractivity contribution >= 4 is 33.6 Å². The number of anilines is 1. The number of halogens is 2. The van der Waals surface area contributed by atoms with E-state index >= 15 is 0 Å². The van der Waals surface area contributed by atoms with Crippen LogP contribution in [-0.4, -0.2) is 37.0 Å². The Hall–Kier alpha value is -2.14. The summed E-state index contributed by atoms with van der Waals surface area (Å²) in [5.41, 5.74) is 1.59. The van der Waals surface area contributed by atoms with Crippen molar-refractivity contribution in [3.63, 3.8) is 0 Å². The van der Waals surface area contributed by atoms with Crippen LogP contribution in [0.2, 0.25) is 0 Å². The van der Waals surface area contributed by atoms with Gasteiger partial charge in [-0.2, -0.15) is 0 Å². The Kier molecular flexibility index (Phi) is 5.30. The van der Waals surface area contributed by atoms with Crippen LogP contribution in [0.4, 0.5) is 10.1 Å². The predicted molar refractivity (Wildman–Crippen MR) is 98.4 cm³/mol. The van der Waals surface area contributed by atoms with Crippen LogP contribution < -0.4 is 4.90 Å². The van der Waals surface area contributed by atoms with E-state index in [1.165, 1.54) is 6.07 Å². The summed E-state index contributed by atoms with van der Waals surface area (Å²) < 4.78 is 14.8. The van der Waals surface area contributed by atoms with E-state index < -0.39 is 0 Å². The molecule has 0 aromatic heterocycles. The molecule has 0 unspecified atom stereocenters. The number of para-hydroxylation sites is 1. The number of carbonyl (C=O) groups excluding carboxylic acids is 1. The molecule has 1 fully saturated rings.